The zero-order chi connectivity index (χ0) is 15.1. The quantitative estimate of drug-likeness (QED) is 0.768. The molecule has 0 bridgehead atoms. The van der Waals surface area contributed by atoms with Crippen molar-refractivity contribution < 1.29 is 9.21 Å². The standard InChI is InChI=1S/C16H28N2O2/c1-11(2)14(9-10-17)6-8-16(19)18-13(4)15-7-5-12(3)20-15/h5,7,11,13-14H,6,8-10,17H2,1-4H3,(H,18,19). The van der Waals surface area contributed by atoms with Gasteiger partial charge >= 0.3 is 0 Å². The Morgan fingerprint density at radius 2 is 2.00 bits per heavy atom. The fraction of sp³-hybridized carbons (Fsp3) is 0.688. The second-order valence-corrected chi connectivity index (χ2v) is 5.86. The molecule has 2 unspecified atom stereocenters. The number of nitrogens with two attached hydrogens (primary N) is 1. The van der Waals surface area contributed by atoms with Gasteiger partial charge in [0, 0.05) is 6.42 Å². The van der Waals surface area contributed by atoms with Crippen molar-refractivity contribution in [3.05, 3.63) is 23.7 Å². The van der Waals surface area contributed by atoms with Gasteiger partial charge in [-0.3, -0.25) is 4.79 Å². The monoisotopic (exact) mass is 280 g/mol. The summed E-state index contributed by atoms with van der Waals surface area (Å²) in [5, 5.41) is 2.98. The van der Waals surface area contributed by atoms with E-state index in [2.05, 4.69) is 19.2 Å². The van der Waals surface area contributed by atoms with Crippen LogP contribution in [0.25, 0.3) is 0 Å². The van der Waals surface area contributed by atoms with E-state index >= 15 is 0 Å². The van der Waals surface area contributed by atoms with Crippen molar-refractivity contribution in [2.24, 2.45) is 17.6 Å². The Morgan fingerprint density at radius 1 is 1.30 bits per heavy atom. The topological polar surface area (TPSA) is 68.3 Å². The largest absolute Gasteiger partial charge is 0.464 e. The molecule has 4 heteroatoms. The second-order valence-electron chi connectivity index (χ2n) is 5.86. The van der Waals surface area contributed by atoms with Gasteiger partial charge in [0.15, 0.2) is 0 Å². The van der Waals surface area contributed by atoms with Gasteiger partial charge in [-0.05, 0) is 57.2 Å². The summed E-state index contributed by atoms with van der Waals surface area (Å²) < 4.78 is 5.52. The van der Waals surface area contributed by atoms with Crippen LogP contribution in [0.5, 0.6) is 0 Å². The van der Waals surface area contributed by atoms with Crippen molar-refractivity contribution in [2.75, 3.05) is 6.54 Å². The maximum Gasteiger partial charge on any atom is 0.220 e. The predicted octanol–water partition coefficient (Wildman–Crippen LogP) is 3.17. The smallest absolute Gasteiger partial charge is 0.220 e. The van der Waals surface area contributed by atoms with Crippen molar-refractivity contribution in [1.82, 2.24) is 5.32 Å². The summed E-state index contributed by atoms with van der Waals surface area (Å²) in [7, 11) is 0. The van der Waals surface area contributed by atoms with Crippen molar-refractivity contribution in [3.63, 3.8) is 0 Å². The Kier molecular flexibility index (Phi) is 6.79. The number of hydrogen-bond donors (Lipinski definition) is 2. The van der Waals surface area contributed by atoms with Crippen LogP contribution in [0.2, 0.25) is 0 Å². The predicted molar refractivity (Wildman–Crippen MR) is 81.2 cm³/mol. The molecule has 1 heterocycles. The fourth-order valence-electron chi connectivity index (χ4n) is 2.41. The number of aryl methyl sites for hydroxylation is 1. The normalized spacial score (nSPS) is 14.3. The van der Waals surface area contributed by atoms with E-state index < -0.39 is 0 Å². The highest BCUT2D eigenvalue weighted by molar-refractivity contribution is 5.76. The zero-order valence-corrected chi connectivity index (χ0v) is 13.1. The van der Waals surface area contributed by atoms with E-state index in [0.29, 0.717) is 24.8 Å². The van der Waals surface area contributed by atoms with Crippen molar-refractivity contribution >= 4 is 5.91 Å². The van der Waals surface area contributed by atoms with E-state index in [9.17, 15) is 4.79 Å². The van der Waals surface area contributed by atoms with Crippen molar-refractivity contribution in [1.29, 1.82) is 0 Å². The molecule has 0 radical (unpaired) electrons. The summed E-state index contributed by atoms with van der Waals surface area (Å²) in [6.07, 6.45) is 2.43. The molecule has 0 aliphatic rings. The van der Waals surface area contributed by atoms with Gasteiger partial charge in [0.05, 0.1) is 6.04 Å². The maximum atomic E-state index is 12.0. The number of carbonyl (C=O) groups is 1. The summed E-state index contributed by atoms with van der Waals surface area (Å²) in [6, 6.07) is 3.74. The third-order valence-corrected chi connectivity index (χ3v) is 3.79. The molecule has 1 rings (SSSR count). The first-order valence-corrected chi connectivity index (χ1v) is 7.49. The van der Waals surface area contributed by atoms with Crippen LogP contribution >= 0.6 is 0 Å². The molecule has 1 aromatic rings. The summed E-state index contributed by atoms with van der Waals surface area (Å²) in [5.74, 6) is 2.83. The van der Waals surface area contributed by atoms with Gasteiger partial charge in [-0.2, -0.15) is 0 Å². The molecule has 0 saturated heterocycles. The molecule has 0 spiro atoms. The van der Waals surface area contributed by atoms with E-state index in [1.807, 2.05) is 26.0 Å². The number of amides is 1. The van der Waals surface area contributed by atoms with Crippen LogP contribution in [0, 0.1) is 18.8 Å². The Balaban J connectivity index is 2.39. The highest BCUT2D eigenvalue weighted by atomic mass is 16.3. The summed E-state index contributed by atoms with van der Waals surface area (Å²) >= 11 is 0. The van der Waals surface area contributed by atoms with Crippen LogP contribution in [-0.2, 0) is 4.79 Å². The average molecular weight is 280 g/mol. The van der Waals surface area contributed by atoms with Crippen LogP contribution in [-0.4, -0.2) is 12.5 Å². The van der Waals surface area contributed by atoms with E-state index in [-0.39, 0.29) is 11.9 Å². The van der Waals surface area contributed by atoms with Gasteiger partial charge in [0.2, 0.25) is 5.91 Å². The highest BCUT2D eigenvalue weighted by Crippen LogP contribution is 2.21. The number of rotatable bonds is 8. The lowest BCUT2D eigenvalue weighted by molar-refractivity contribution is -0.122. The third kappa shape index (κ3) is 5.37. The molecule has 2 atom stereocenters. The molecular formula is C16H28N2O2. The van der Waals surface area contributed by atoms with Gasteiger partial charge < -0.3 is 15.5 Å². The van der Waals surface area contributed by atoms with Crippen molar-refractivity contribution in [3.8, 4) is 0 Å². The first-order chi connectivity index (χ1) is 9.43. The Hall–Kier alpha value is -1.29. The molecule has 0 aromatic carbocycles. The summed E-state index contributed by atoms with van der Waals surface area (Å²) in [4.78, 5) is 12.0. The Bertz CT molecular complexity index is 412. The van der Waals surface area contributed by atoms with Gasteiger partial charge in [0.25, 0.3) is 0 Å². The van der Waals surface area contributed by atoms with Crippen molar-refractivity contribution in [2.45, 2.75) is 53.0 Å². The molecule has 20 heavy (non-hydrogen) atoms. The Labute approximate surface area is 122 Å². The molecule has 0 aliphatic carbocycles. The fourth-order valence-corrected chi connectivity index (χ4v) is 2.41. The first-order valence-electron chi connectivity index (χ1n) is 7.49. The van der Waals surface area contributed by atoms with Crippen LogP contribution < -0.4 is 11.1 Å². The molecule has 1 amide bonds. The van der Waals surface area contributed by atoms with E-state index in [1.165, 1.54) is 0 Å². The molecular weight excluding hydrogens is 252 g/mol. The molecule has 1 aromatic heterocycles. The summed E-state index contributed by atoms with van der Waals surface area (Å²) in [5.41, 5.74) is 5.62. The van der Waals surface area contributed by atoms with Crippen LogP contribution in [0.4, 0.5) is 0 Å². The van der Waals surface area contributed by atoms with Gasteiger partial charge in [-0.1, -0.05) is 13.8 Å². The molecule has 0 saturated carbocycles. The Morgan fingerprint density at radius 3 is 2.50 bits per heavy atom. The third-order valence-electron chi connectivity index (χ3n) is 3.79. The number of carbonyl (C=O) groups excluding carboxylic acids is 1. The van der Waals surface area contributed by atoms with E-state index in [4.69, 9.17) is 10.2 Å². The van der Waals surface area contributed by atoms with Crippen LogP contribution in [0.1, 0.15) is 57.6 Å². The molecule has 114 valence electrons. The lowest BCUT2D eigenvalue weighted by Crippen LogP contribution is -2.27. The SMILES string of the molecule is Cc1ccc(C(C)NC(=O)CCC(CCN)C(C)C)o1. The first kappa shape index (κ1) is 16.8. The highest BCUT2D eigenvalue weighted by Gasteiger charge is 2.16. The minimum atomic E-state index is -0.0804. The second kappa shape index (κ2) is 8.10. The summed E-state index contributed by atoms with van der Waals surface area (Å²) in [6.45, 7) is 8.90. The van der Waals surface area contributed by atoms with E-state index in [0.717, 1.165) is 24.4 Å². The number of furan rings is 1. The molecule has 4 nitrogen and oxygen atoms in total. The molecule has 3 N–H and O–H groups in total. The van der Waals surface area contributed by atoms with Crippen LogP contribution in [0.3, 0.4) is 0 Å². The zero-order valence-electron chi connectivity index (χ0n) is 13.1. The minimum Gasteiger partial charge on any atom is -0.464 e. The van der Waals surface area contributed by atoms with E-state index in [1.54, 1.807) is 0 Å². The van der Waals surface area contributed by atoms with Crippen LogP contribution in [0.15, 0.2) is 16.5 Å². The molecule has 0 aliphatic heterocycles. The van der Waals surface area contributed by atoms with Gasteiger partial charge in [0.1, 0.15) is 11.5 Å². The average Bonchev–Trinajstić information content (AvgIpc) is 2.80. The molecule has 0 fully saturated rings. The van der Waals surface area contributed by atoms with Gasteiger partial charge in [-0.15, -0.1) is 0 Å². The lowest BCUT2D eigenvalue weighted by Gasteiger charge is -2.20. The van der Waals surface area contributed by atoms with Gasteiger partial charge in [-0.25, -0.2) is 0 Å². The number of hydrogen-bond acceptors (Lipinski definition) is 3. The number of nitrogens with one attached hydrogen (secondary N) is 1. The lowest BCUT2D eigenvalue weighted by atomic mass is 9.88. The maximum absolute atomic E-state index is 12.0. The minimum absolute atomic E-state index is 0.0780.